The first-order valence-electron chi connectivity index (χ1n) is 3.63. The van der Waals surface area contributed by atoms with E-state index < -0.39 is 15.9 Å². The zero-order chi connectivity index (χ0) is 9.61. The Hall–Kier alpha value is -0.170. The van der Waals surface area contributed by atoms with Gasteiger partial charge in [0.05, 0.1) is 18.5 Å². The van der Waals surface area contributed by atoms with Gasteiger partial charge in [-0.25, -0.2) is 8.42 Å². The first-order valence-corrected chi connectivity index (χ1v) is 5.69. The van der Waals surface area contributed by atoms with Gasteiger partial charge in [0, 0.05) is 19.3 Å². The fraction of sp³-hybridized carbons (Fsp3) is 1.00. The van der Waals surface area contributed by atoms with Gasteiger partial charge in [0.15, 0.2) is 0 Å². The average molecular weight is 197 g/mol. The quantitative estimate of drug-likeness (QED) is 0.428. The van der Waals surface area contributed by atoms with Gasteiger partial charge in [-0.1, -0.05) is 0 Å². The maximum absolute atomic E-state index is 10.6. The first-order chi connectivity index (χ1) is 5.45. The van der Waals surface area contributed by atoms with Crippen LogP contribution in [0, 0.1) is 0 Å². The van der Waals surface area contributed by atoms with Crippen molar-refractivity contribution in [1.82, 2.24) is 5.32 Å². The minimum atomic E-state index is -2.94. The lowest BCUT2D eigenvalue weighted by atomic mass is 10.4. The molecule has 3 N–H and O–H groups in total. The maximum atomic E-state index is 10.6. The third-order valence-electron chi connectivity index (χ3n) is 1.24. The van der Waals surface area contributed by atoms with Crippen LogP contribution < -0.4 is 5.32 Å². The van der Waals surface area contributed by atoms with Crippen LogP contribution in [0.3, 0.4) is 0 Å². The molecule has 5 nitrogen and oxygen atoms in total. The number of aliphatic hydroxyl groups excluding tert-OH is 2. The molecule has 0 aliphatic heterocycles. The topological polar surface area (TPSA) is 86.6 Å². The van der Waals surface area contributed by atoms with Crippen molar-refractivity contribution in [3.05, 3.63) is 0 Å². The maximum Gasteiger partial charge on any atom is 0.148 e. The SMILES string of the molecule is CS(=O)(=O)CCNC[C@H](O)CO. The summed E-state index contributed by atoms with van der Waals surface area (Å²) in [5.74, 6) is 0.0468. The average Bonchev–Trinajstić information content (AvgIpc) is 1.96. The Bertz CT molecular complexity index is 202. The number of nitrogens with one attached hydrogen (secondary N) is 1. The molecule has 0 spiro atoms. The van der Waals surface area contributed by atoms with Gasteiger partial charge in [0.1, 0.15) is 9.84 Å². The molecule has 0 saturated carbocycles. The van der Waals surface area contributed by atoms with E-state index in [4.69, 9.17) is 10.2 Å². The molecule has 0 amide bonds. The van der Waals surface area contributed by atoms with Crippen LogP contribution in [0.4, 0.5) is 0 Å². The minimum Gasteiger partial charge on any atom is -0.394 e. The van der Waals surface area contributed by atoms with Crippen molar-refractivity contribution in [1.29, 1.82) is 0 Å². The van der Waals surface area contributed by atoms with Crippen LogP contribution in [0.2, 0.25) is 0 Å². The van der Waals surface area contributed by atoms with E-state index in [1.807, 2.05) is 0 Å². The molecule has 0 aromatic heterocycles. The second-order valence-electron chi connectivity index (χ2n) is 2.67. The summed E-state index contributed by atoms with van der Waals surface area (Å²) in [6.07, 6.45) is 0.335. The van der Waals surface area contributed by atoms with Crippen LogP contribution in [-0.2, 0) is 9.84 Å². The summed E-state index contributed by atoms with van der Waals surface area (Å²) in [6.45, 7) is 0.202. The molecule has 0 radical (unpaired) electrons. The summed E-state index contributed by atoms with van der Waals surface area (Å²) in [4.78, 5) is 0. The molecule has 0 aromatic carbocycles. The Balaban J connectivity index is 3.34. The van der Waals surface area contributed by atoms with E-state index in [-0.39, 0.29) is 18.9 Å². The number of rotatable bonds is 6. The van der Waals surface area contributed by atoms with Crippen LogP contribution in [0.15, 0.2) is 0 Å². The van der Waals surface area contributed by atoms with E-state index >= 15 is 0 Å². The van der Waals surface area contributed by atoms with E-state index in [9.17, 15) is 8.42 Å². The highest BCUT2D eigenvalue weighted by molar-refractivity contribution is 7.90. The zero-order valence-corrected chi connectivity index (χ0v) is 7.84. The van der Waals surface area contributed by atoms with Gasteiger partial charge in [-0.3, -0.25) is 0 Å². The summed E-state index contributed by atoms with van der Waals surface area (Å²) in [7, 11) is -2.94. The highest BCUT2D eigenvalue weighted by Crippen LogP contribution is 1.81. The molecular formula is C6H15NO4S. The zero-order valence-electron chi connectivity index (χ0n) is 7.02. The Morgan fingerprint density at radius 3 is 2.50 bits per heavy atom. The normalized spacial score (nSPS) is 14.6. The molecule has 0 bridgehead atoms. The van der Waals surface area contributed by atoms with E-state index in [1.54, 1.807) is 0 Å². The standard InChI is InChI=1S/C6H15NO4S/c1-12(10,11)3-2-7-4-6(9)5-8/h6-9H,2-5H2,1H3/t6-/m0/s1. The second kappa shape index (κ2) is 5.47. The molecule has 0 saturated heterocycles. The molecule has 0 unspecified atom stereocenters. The Morgan fingerprint density at radius 1 is 1.50 bits per heavy atom. The number of aliphatic hydroxyl groups is 2. The van der Waals surface area contributed by atoms with Crippen molar-refractivity contribution in [3.63, 3.8) is 0 Å². The molecule has 0 heterocycles. The summed E-state index contributed by atoms with van der Waals surface area (Å²) in [6, 6.07) is 0. The number of hydrogen-bond acceptors (Lipinski definition) is 5. The van der Waals surface area contributed by atoms with Crippen molar-refractivity contribution >= 4 is 9.84 Å². The Kier molecular flexibility index (Phi) is 5.39. The minimum absolute atomic E-state index is 0.0468. The van der Waals surface area contributed by atoms with Crippen LogP contribution in [0.5, 0.6) is 0 Å². The van der Waals surface area contributed by atoms with E-state index in [0.29, 0.717) is 6.54 Å². The van der Waals surface area contributed by atoms with Gasteiger partial charge in [-0.2, -0.15) is 0 Å². The highest BCUT2D eigenvalue weighted by Gasteiger charge is 2.03. The van der Waals surface area contributed by atoms with Crippen molar-refractivity contribution in [2.45, 2.75) is 6.10 Å². The largest absolute Gasteiger partial charge is 0.394 e. The third-order valence-corrected chi connectivity index (χ3v) is 2.19. The van der Waals surface area contributed by atoms with Gasteiger partial charge in [0.2, 0.25) is 0 Å². The molecule has 6 heteroatoms. The summed E-state index contributed by atoms with van der Waals surface area (Å²) >= 11 is 0. The monoisotopic (exact) mass is 197 g/mol. The fourth-order valence-corrected chi connectivity index (χ4v) is 1.11. The van der Waals surface area contributed by atoms with Crippen molar-refractivity contribution in [2.75, 3.05) is 31.7 Å². The van der Waals surface area contributed by atoms with E-state index in [1.165, 1.54) is 0 Å². The van der Waals surface area contributed by atoms with Crippen LogP contribution >= 0.6 is 0 Å². The highest BCUT2D eigenvalue weighted by atomic mass is 32.2. The fourth-order valence-electron chi connectivity index (χ4n) is 0.591. The smallest absolute Gasteiger partial charge is 0.148 e. The Morgan fingerprint density at radius 2 is 2.08 bits per heavy atom. The van der Waals surface area contributed by atoms with Gasteiger partial charge >= 0.3 is 0 Å². The van der Waals surface area contributed by atoms with Crippen LogP contribution in [-0.4, -0.2) is 56.4 Å². The molecule has 0 fully saturated rings. The molecule has 1 atom stereocenters. The summed E-state index contributed by atoms with van der Waals surface area (Å²) in [5.41, 5.74) is 0. The lowest BCUT2D eigenvalue weighted by Crippen LogP contribution is -2.32. The van der Waals surface area contributed by atoms with Gasteiger partial charge in [0.25, 0.3) is 0 Å². The molecule has 0 aliphatic rings. The number of hydrogen-bond donors (Lipinski definition) is 3. The lowest BCUT2D eigenvalue weighted by molar-refractivity contribution is 0.0950. The molecule has 74 valence electrons. The molecule has 0 aromatic rings. The lowest BCUT2D eigenvalue weighted by Gasteiger charge is -2.07. The molecular weight excluding hydrogens is 182 g/mol. The van der Waals surface area contributed by atoms with E-state index in [0.717, 1.165) is 6.26 Å². The van der Waals surface area contributed by atoms with Crippen molar-refractivity contribution in [3.8, 4) is 0 Å². The van der Waals surface area contributed by atoms with Gasteiger partial charge in [-0.05, 0) is 0 Å². The van der Waals surface area contributed by atoms with Gasteiger partial charge < -0.3 is 15.5 Å². The Labute approximate surface area is 72.3 Å². The van der Waals surface area contributed by atoms with Crippen molar-refractivity contribution in [2.24, 2.45) is 0 Å². The van der Waals surface area contributed by atoms with Gasteiger partial charge in [-0.15, -0.1) is 0 Å². The summed E-state index contributed by atoms with van der Waals surface area (Å²) < 4.78 is 21.2. The molecule has 0 aliphatic carbocycles. The molecule has 12 heavy (non-hydrogen) atoms. The number of sulfone groups is 1. The van der Waals surface area contributed by atoms with Crippen LogP contribution in [0.25, 0.3) is 0 Å². The predicted molar refractivity (Wildman–Crippen MR) is 45.7 cm³/mol. The molecule has 0 rings (SSSR count). The van der Waals surface area contributed by atoms with E-state index in [2.05, 4.69) is 5.32 Å². The predicted octanol–water partition coefficient (Wildman–Crippen LogP) is -2.03. The van der Waals surface area contributed by atoms with Crippen LogP contribution in [0.1, 0.15) is 0 Å². The third kappa shape index (κ3) is 7.93. The first kappa shape index (κ1) is 11.8. The van der Waals surface area contributed by atoms with Crippen molar-refractivity contribution < 1.29 is 18.6 Å². The second-order valence-corrected chi connectivity index (χ2v) is 4.93. The summed E-state index contributed by atoms with van der Waals surface area (Å²) in [5, 5.41) is 19.9.